The van der Waals surface area contributed by atoms with Crippen molar-refractivity contribution in [2.45, 2.75) is 25.3 Å². The molecule has 1 aromatic heterocycles. The second kappa shape index (κ2) is 5.06. The van der Waals surface area contributed by atoms with Gasteiger partial charge in [0.2, 0.25) is 5.91 Å². The molecule has 2 unspecified atom stereocenters. The van der Waals surface area contributed by atoms with Gasteiger partial charge in [0.15, 0.2) is 0 Å². The zero-order valence-corrected chi connectivity index (χ0v) is 10.5. The molecule has 2 atom stereocenters. The van der Waals surface area contributed by atoms with Crippen LogP contribution in [0.4, 0.5) is 0 Å². The molecule has 0 spiro atoms. The molecule has 1 aromatic rings. The van der Waals surface area contributed by atoms with Crippen LogP contribution in [0.5, 0.6) is 0 Å². The predicted octanol–water partition coefficient (Wildman–Crippen LogP) is 0.834. The molecule has 0 aliphatic carbocycles. The van der Waals surface area contributed by atoms with E-state index in [-0.39, 0.29) is 5.92 Å². The van der Waals surface area contributed by atoms with Gasteiger partial charge in [0, 0.05) is 37.4 Å². The minimum Gasteiger partial charge on any atom is -0.340 e. The van der Waals surface area contributed by atoms with Crippen molar-refractivity contribution < 1.29 is 4.79 Å². The highest BCUT2D eigenvalue weighted by Gasteiger charge is 2.40. The summed E-state index contributed by atoms with van der Waals surface area (Å²) < 4.78 is 0. The summed E-state index contributed by atoms with van der Waals surface area (Å²) in [6, 6.07) is 6.32. The monoisotopic (exact) mass is 245 g/mol. The van der Waals surface area contributed by atoms with E-state index in [1.807, 2.05) is 29.3 Å². The Labute approximate surface area is 107 Å². The number of nitrogens with one attached hydrogen (secondary N) is 1. The summed E-state index contributed by atoms with van der Waals surface area (Å²) in [4.78, 5) is 18.5. The number of pyridine rings is 1. The lowest BCUT2D eigenvalue weighted by molar-refractivity contribution is -0.131. The van der Waals surface area contributed by atoms with Crippen molar-refractivity contribution in [1.82, 2.24) is 15.2 Å². The molecule has 0 radical (unpaired) electrons. The molecule has 96 valence electrons. The predicted molar refractivity (Wildman–Crippen MR) is 69.0 cm³/mol. The molecule has 4 heteroatoms. The van der Waals surface area contributed by atoms with Crippen LogP contribution in [0.1, 0.15) is 18.5 Å². The maximum atomic E-state index is 12.2. The van der Waals surface area contributed by atoms with E-state index in [0.29, 0.717) is 11.9 Å². The van der Waals surface area contributed by atoms with Crippen LogP contribution >= 0.6 is 0 Å². The molecule has 3 heterocycles. The van der Waals surface area contributed by atoms with Crippen LogP contribution in [-0.4, -0.2) is 41.5 Å². The molecule has 4 nitrogen and oxygen atoms in total. The van der Waals surface area contributed by atoms with Crippen molar-refractivity contribution in [3.8, 4) is 0 Å². The number of piperidine rings is 1. The van der Waals surface area contributed by atoms with Gasteiger partial charge < -0.3 is 10.2 Å². The van der Waals surface area contributed by atoms with Gasteiger partial charge in [-0.25, -0.2) is 0 Å². The van der Waals surface area contributed by atoms with Gasteiger partial charge in [0.05, 0.1) is 5.92 Å². The molecule has 1 amide bonds. The van der Waals surface area contributed by atoms with Crippen molar-refractivity contribution in [3.63, 3.8) is 0 Å². The summed E-state index contributed by atoms with van der Waals surface area (Å²) in [6.07, 6.45) is 4.84. The van der Waals surface area contributed by atoms with Gasteiger partial charge in [0.1, 0.15) is 0 Å². The summed E-state index contributed by atoms with van der Waals surface area (Å²) in [5.41, 5.74) is 1.06. The average molecular weight is 245 g/mol. The van der Waals surface area contributed by atoms with Crippen LogP contribution in [0.25, 0.3) is 0 Å². The summed E-state index contributed by atoms with van der Waals surface area (Å²) in [6.45, 7) is 2.73. The molecule has 3 rings (SSSR count). The number of likely N-dealkylation sites (tertiary alicyclic amines) is 1. The van der Waals surface area contributed by atoms with Crippen LogP contribution in [0.15, 0.2) is 24.4 Å². The highest BCUT2D eigenvalue weighted by Crippen LogP contribution is 2.26. The van der Waals surface area contributed by atoms with Crippen molar-refractivity contribution >= 4 is 5.91 Å². The molecule has 2 saturated heterocycles. The molecule has 0 aromatic carbocycles. The topological polar surface area (TPSA) is 45.2 Å². The van der Waals surface area contributed by atoms with Crippen LogP contribution in [0.3, 0.4) is 0 Å². The Bertz CT molecular complexity index is 420. The van der Waals surface area contributed by atoms with Gasteiger partial charge in [0.25, 0.3) is 0 Å². The van der Waals surface area contributed by atoms with Crippen LogP contribution in [0.2, 0.25) is 0 Å². The minimum atomic E-state index is 0.225. The number of nitrogens with zero attached hydrogens (tertiary/aromatic N) is 2. The minimum absolute atomic E-state index is 0.225. The van der Waals surface area contributed by atoms with Gasteiger partial charge in [-0.05, 0) is 31.5 Å². The zero-order chi connectivity index (χ0) is 12.4. The van der Waals surface area contributed by atoms with Crippen molar-refractivity contribution in [1.29, 1.82) is 0 Å². The lowest BCUT2D eigenvalue weighted by Gasteiger charge is -2.23. The molecule has 0 bridgehead atoms. The third-order valence-corrected chi connectivity index (χ3v) is 3.99. The summed E-state index contributed by atoms with van der Waals surface area (Å²) in [7, 11) is 0. The standard InChI is InChI=1S/C14H19N3O/c18-14-12-5-3-8-16-13(12)10-17(14)9-6-11-4-1-2-7-15-11/h1-2,4,7,12-13,16H,3,5-6,8-10H2. The quantitative estimate of drug-likeness (QED) is 0.858. The van der Waals surface area contributed by atoms with Crippen molar-refractivity contribution in [3.05, 3.63) is 30.1 Å². The summed E-state index contributed by atoms with van der Waals surface area (Å²) >= 11 is 0. The number of hydrogen-bond donors (Lipinski definition) is 1. The van der Waals surface area contributed by atoms with Gasteiger partial charge in [-0.1, -0.05) is 6.07 Å². The number of rotatable bonds is 3. The average Bonchev–Trinajstić information content (AvgIpc) is 2.75. The Morgan fingerprint density at radius 3 is 3.17 bits per heavy atom. The summed E-state index contributed by atoms with van der Waals surface area (Å²) in [5, 5.41) is 3.46. The van der Waals surface area contributed by atoms with Gasteiger partial charge in [-0.3, -0.25) is 9.78 Å². The molecule has 2 aliphatic rings. The summed E-state index contributed by atoms with van der Waals surface area (Å²) in [5.74, 6) is 0.561. The van der Waals surface area contributed by atoms with Gasteiger partial charge in [-0.2, -0.15) is 0 Å². The first-order valence-electron chi connectivity index (χ1n) is 6.76. The molecular weight excluding hydrogens is 226 g/mol. The third kappa shape index (κ3) is 2.25. The van der Waals surface area contributed by atoms with E-state index in [1.165, 1.54) is 0 Å². The van der Waals surface area contributed by atoms with Crippen LogP contribution in [0, 0.1) is 5.92 Å². The highest BCUT2D eigenvalue weighted by atomic mass is 16.2. The van der Waals surface area contributed by atoms with Crippen molar-refractivity contribution in [2.24, 2.45) is 5.92 Å². The number of carbonyl (C=O) groups excluding carboxylic acids is 1. The maximum absolute atomic E-state index is 12.2. The lowest BCUT2D eigenvalue weighted by atomic mass is 9.94. The fraction of sp³-hybridized carbons (Fsp3) is 0.571. The SMILES string of the molecule is O=C1C2CCCNC2CN1CCc1ccccn1. The number of carbonyl (C=O) groups is 1. The van der Waals surface area contributed by atoms with E-state index >= 15 is 0 Å². The van der Waals surface area contributed by atoms with E-state index < -0.39 is 0 Å². The van der Waals surface area contributed by atoms with Crippen LogP contribution < -0.4 is 5.32 Å². The van der Waals surface area contributed by atoms with Crippen molar-refractivity contribution in [2.75, 3.05) is 19.6 Å². The second-order valence-corrected chi connectivity index (χ2v) is 5.16. The van der Waals surface area contributed by atoms with Crippen LogP contribution in [-0.2, 0) is 11.2 Å². The number of amides is 1. The Morgan fingerprint density at radius 1 is 1.44 bits per heavy atom. The number of hydrogen-bond acceptors (Lipinski definition) is 3. The van der Waals surface area contributed by atoms with E-state index in [1.54, 1.807) is 0 Å². The first kappa shape index (κ1) is 11.7. The lowest BCUT2D eigenvalue weighted by Crippen LogP contribution is -2.41. The smallest absolute Gasteiger partial charge is 0.227 e. The highest BCUT2D eigenvalue weighted by molar-refractivity contribution is 5.82. The number of aromatic nitrogens is 1. The number of fused-ring (bicyclic) bond motifs is 1. The van der Waals surface area contributed by atoms with Gasteiger partial charge in [-0.15, -0.1) is 0 Å². The molecule has 18 heavy (non-hydrogen) atoms. The molecular formula is C14H19N3O. The Kier molecular flexibility index (Phi) is 3.28. The molecule has 2 aliphatic heterocycles. The van der Waals surface area contributed by atoms with E-state index in [0.717, 1.165) is 44.6 Å². The Morgan fingerprint density at radius 2 is 2.39 bits per heavy atom. The van der Waals surface area contributed by atoms with Gasteiger partial charge >= 0.3 is 0 Å². The Hall–Kier alpha value is -1.42. The van der Waals surface area contributed by atoms with E-state index in [9.17, 15) is 4.79 Å². The maximum Gasteiger partial charge on any atom is 0.227 e. The molecule has 0 saturated carbocycles. The fourth-order valence-corrected chi connectivity index (χ4v) is 3.00. The molecule has 1 N–H and O–H groups in total. The Balaban J connectivity index is 1.59. The largest absolute Gasteiger partial charge is 0.340 e. The van der Waals surface area contributed by atoms with E-state index in [2.05, 4.69) is 10.3 Å². The fourth-order valence-electron chi connectivity index (χ4n) is 3.00. The first-order chi connectivity index (χ1) is 8.84. The second-order valence-electron chi connectivity index (χ2n) is 5.16. The zero-order valence-electron chi connectivity index (χ0n) is 10.5. The third-order valence-electron chi connectivity index (χ3n) is 3.99. The molecule has 2 fully saturated rings. The van der Waals surface area contributed by atoms with E-state index in [4.69, 9.17) is 0 Å². The normalized spacial score (nSPS) is 27.3. The first-order valence-corrected chi connectivity index (χ1v) is 6.76.